The van der Waals surface area contributed by atoms with Crippen molar-refractivity contribution in [1.29, 1.82) is 0 Å². The fraction of sp³-hybridized carbons (Fsp3) is 0.167. The van der Waals surface area contributed by atoms with Gasteiger partial charge in [-0.05, 0) is 75.2 Å². The Balaban J connectivity index is 0.00000548. The van der Waals surface area contributed by atoms with Crippen LogP contribution < -0.4 is 14.5 Å². The van der Waals surface area contributed by atoms with Gasteiger partial charge in [0.2, 0.25) is 0 Å². The molecule has 1 aliphatic rings. The number of ether oxygens (including phenoxy) is 1. The molecule has 0 bridgehead atoms. The molecule has 10 rings (SSSR count). The quantitative estimate of drug-likeness (QED) is 0.128. The zero-order valence-electron chi connectivity index (χ0n) is 38.5. The Morgan fingerprint density at radius 2 is 1.18 bits per heavy atom. The predicted molar refractivity (Wildman–Crippen MR) is 269 cm³/mol. The summed E-state index contributed by atoms with van der Waals surface area (Å²) in [5.41, 5.74) is 11.5. The van der Waals surface area contributed by atoms with Crippen molar-refractivity contribution in [2.24, 2.45) is 0 Å². The van der Waals surface area contributed by atoms with Gasteiger partial charge in [0.25, 0.3) is 0 Å². The monoisotopic (exact) mass is 1040 g/mol. The number of para-hydroxylation sites is 1. The molecule has 0 radical (unpaired) electrons. The molecule has 0 fully saturated rings. The van der Waals surface area contributed by atoms with Crippen LogP contribution in [-0.4, -0.2) is 9.55 Å². The molecular formula is C60H53N4OPt-3. The number of anilines is 2. The van der Waals surface area contributed by atoms with Crippen LogP contribution in [-0.2, 0) is 37.3 Å². The largest absolute Gasteiger partial charge is 0.509 e. The molecule has 0 N–H and O–H groups in total. The molecule has 7 aromatic carbocycles. The summed E-state index contributed by atoms with van der Waals surface area (Å²) in [7, 11) is 0. The fourth-order valence-electron chi connectivity index (χ4n) is 9.10. The number of pyridine rings is 1. The Hall–Kier alpha value is -6.68. The van der Waals surface area contributed by atoms with E-state index in [1.807, 2.05) is 18.3 Å². The molecule has 3 heterocycles. The van der Waals surface area contributed by atoms with Gasteiger partial charge in [-0.3, -0.25) is 0 Å². The van der Waals surface area contributed by atoms with Crippen LogP contribution in [0, 0.1) is 18.8 Å². The van der Waals surface area contributed by atoms with Crippen LogP contribution in [0.25, 0.3) is 38.8 Å². The maximum atomic E-state index is 6.88. The number of rotatable bonds is 10. The molecule has 0 unspecified atom stereocenters. The number of hydrogen-bond acceptors (Lipinski definition) is 4. The van der Waals surface area contributed by atoms with E-state index in [2.05, 4.69) is 252 Å². The van der Waals surface area contributed by atoms with Crippen LogP contribution in [0.2, 0.25) is 0 Å². The van der Waals surface area contributed by atoms with Crippen molar-refractivity contribution >= 4 is 33.2 Å². The van der Waals surface area contributed by atoms with Crippen LogP contribution in [0.15, 0.2) is 194 Å². The second-order valence-electron chi connectivity index (χ2n) is 19.1. The van der Waals surface area contributed by atoms with E-state index in [1.54, 1.807) is 0 Å². The van der Waals surface area contributed by atoms with Crippen molar-refractivity contribution in [2.75, 3.05) is 9.80 Å². The van der Waals surface area contributed by atoms with E-state index in [9.17, 15) is 0 Å². The number of aromatic nitrogens is 2. The van der Waals surface area contributed by atoms with Crippen molar-refractivity contribution in [3.05, 3.63) is 235 Å². The molecule has 9 aromatic rings. The van der Waals surface area contributed by atoms with Crippen molar-refractivity contribution in [2.45, 2.75) is 64.7 Å². The zero-order chi connectivity index (χ0) is 44.9. The fourth-order valence-corrected chi connectivity index (χ4v) is 9.10. The molecule has 0 saturated heterocycles. The Kier molecular flexibility index (Phi) is 11.9. The Morgan fingerprint density at radius 3 is 1.89 bits per heavy atom. The summed E-state index contributed by atoms with van der Waals surface area (Å²) < 4.78 is 9.09. The van der Waals surface area contributed by atoms with Gasteiger partial charge < -0.3 is 19.1 Å². The van der Waals surface area contributed by atoms with Crippen molar-refractivity contribution in [3.63, 3.8) is 0 Å². The maximum absolute atomic E-state index is 6.88. The number of benzene rings is 7. The second-order valence-corrected chi connectivity index (χ2v) is 19.1. The van der Waals surface area contributed by atoms with E-state index in [4.69, 9.17) is 9.72 Å². The standard InChI is InChI=1S/C60H53N4O.Pt/c1-58(2,3)46-26-19-27-48(36-46)63-41-62(40-56(63)60(6,7)45-24-15-10-16-25-45)49-34-43(42-20-11-8-12-21-42)35-51(38-49)65-50-30-31-53-52-28-17-18-29-54(52)64(55(53)39-50)57-37-47(32-33-61-57)59(4,5)44-22-13-9-14-23-44;/h8-37,40-41H,1-7H3;/q-3;. The summed E-state index contributed by atoms with van der Waals surface area (Å²) in [4.78, 5) is 9.48. The van der Waals surface area contributed by atoms with Crippen LogP contribution in [0.1, 0.15) is 70.7 Å². The van der Waals surface area contributed by atoms with Gasteiger partial charge in [0.15, 0.2) is 0 Å². The van der Waals surface area contributed by atoms with E-state index >= 15 is 0 Å². The molecule has 0 atom stereocenters. The third-order valence-electron chi connectivity index (χ3n) is 13.1. The Bertz CT molecular complexity index is 3200. The number of fused-ring (bicyclic) bond motifs is 3. The van der Waals surface area contributed by atoms with Gasteiger partial charge >= 0.3 is 0 Å². The summed E-state index contributed by atoms with van der Waals surface area (Å²) in [6.07, 6.45) is 4.17. The van der Waals surface area contributed by atoms with Crippen LogP contribution >= 0.6 is 0 Å². The topological polar surface area (TPSA) is 33.5 Å². The minimum absolute atomic E-state index is 0. The number of allylic oxidation sites excluding steroid dienone is 1. The summed E-state index contributed by atoms with van der Waals surface area (Å²) >= 11 is 0. The summed E-state index contributed by atoms with van der Waals surface area (Å²) in [6.45, 7) is 18.1. The zero-order valence-corrected chi connectivity index (χ0v) is 40.8. The van der Waals surface area contributed by atoms with E-state index < -0.39 is 0 Å². The average Bonchev–Trinajstić information content (AvgIpc) is 3.93. The first-order chi connectivity index (χ1) is 31.3. The van der Waals surface area contributed by atoms with Crippen LogP contribution in [0.3, 0.4) is 0 Å². The van der Waals surface area contributed by atoms with Gasteiger partial charge in [-0.1, -0.05) is 175 Å². The van der Waals surface area contributed by atoms with Crippen LogP contribution in [0.4, 0.5) is 11.4 Å². The second kappa shape index (κ2) is 17.6. The molecule has 6 heteroatoms. The van der Waals surface area contributed by atoms with E-state index in [0.29, 0.717) is 11.5 Å². The van der Waals surface area contributed by atoms with Crippen molar-refractivity contribution in [1.82, 2.24) is 9.55 Å². The molecule has 66 heavy (non-hydrogen) atoms. The molecule has 332 valence electrons. The van der Waals surface area contributed by atoms with E-state index in [1.165, 1.54) is 22.3 Å². The third kappa shape index (κ3) is 8.38. The smallest absolute Gasteiger partial charge is 0.135 e. The third-order valence-corrected chi connectivity index (χ3v) is 13.1. The molecule has 2 aromatic heterocycles. The van der Waals surface area contributed by atoms with Crippen molar-refractivity contribution in [3.8, 4) is 28.4 Å². The molecule has 0 amide bonds. The Labute approximate surface area is 404 Å². The van der Waals surface area contributed by atoms with Gasteiger partial charge in [-0.25, -0.2) is 4.98 Å². The molecule has 0 saturated carbocycles. The first kappa shape index (κ1) is 44.5. The van der Waals surface area contributed by atoms with Gasteiger partial charge in [0.1, 0.15) is 5.82 Å². The first-order valence-electron chi connectivity index (χ1n) is 22.4. The molecule has 0 spiro atoms. The van der Waals surface area contributed by atoms with E-state index in [0.717, 1.165) is 55.8 Å². The van der Waals surface area contributed by atoms with Crippen LogP contribution in [0.5, 0.6) is 11.5 Å². The maximum Gasteiger partial charge on any atom is 0.135 e. The number of hydrogen-bond donors (Lipinski definition) is 0. The van der Waals surface area contributed by atoms with Gasteiger partial charge in [-0.15, -0.1) is 53.6 Å². The van der Waals surface area contributed by atoms with E-state index in [-0.39, 0.29) is 37.3 Å². The van der Waals surface area contributed by atoms with Gasteiger partial charge in [0.05, 0.1) is 0 Å². The average molecular weight is 1040 g/mol. The SMILES string of the molecule is CC(C)(C)c1cccc(N2[CH-]N(c3[c-]c(Oc4[c-]c5c(cc4)c4ccccc4n5-c4cc(C(C)(C)c5ccccc5)ccn4)cc(-c4ccccc4)c3)C=C2C(C)(C)c2ccccc2)c1.[Pt]. The number of nitrogens with zero attached hydrogens (tertiary/aromatic N) is 4. The van der Waals surface area contributed by atoms with Gasteiger partial charge in [0, 0.05) is 66.5 Å². The Morgan fingerprint density at radius 1 is 0.530 bits per heavy atom. The first-order valence-corrected chi connectivity index (χ1v) is 22.4. The van der Waals surface area contributed by atoms with Gasteiger partial charge in [-0.2, -0.15) is 6.07 Å². The van der Waals surface area contributed by atoms with Crippen molar-refractivity contribution < 1.29 is 25.8 Å². The summed E-state index contributed by atoms with van der Waals surface area (Å²) in [5.74, 6) is 2.00. The minimum atomic E-state index is -0.338. The summed E-state index contributed by atoms with van der Waals surface area (Å²) in [6, 6.07) is 69.4. The molecular weight excluding hydrogens is 988 g/mol. The predicted octanol–water partition coefficient (Wildman–Crippen LogP) is 15.1. The molecule has 1 aliphatic heterocycles. The molecule has 5 nitrogen and oxygen atoms in total. The minimum Gasteiger partial charge on any atom is -0.509 e. The normalized spacial score (nSPS) is 13.2. The molecule has 0 aliphatic carbocycles. The summed E-state index contributed by atoms with van der Waals surface area (Å²) in [5, 5.41) is 2.20.